The van der Waals surface area contributed by atoms with E-state index >= 15 is 0 Å². The van der Waals surface area contributed by atoms with E-state index in [1.807, 2.05) is 13.0 Å². The third-order valence-corrected chi connectivity index (χ3v) is 3.80. The third kappa shape index (κ3) is 3.94. The van der Waals surface area contributed by atoms with Gasteiger partial charge in [-0.1, -0.05) is 17.7 Å². The number of benzene rings is 1. The Balaban J connectivity index is 2.12. The van der Waals surface area contributed by atoms with E-state index in [1.54, 1.807) is 12.1 Å². The van der Waals surface area contributed by atoms with Crippen molar-refractivity contribution in [1.82, 2.24) is 10.2 Å². The van der Waals surface area contributed by atoms with Gasteiger partial charge < -0.3 is 10.1 Å². The van der Waals surface area contributed by atoms with Crippen LogP contribution in [-0.2, 0) is 16.1 Å². The summed E-state index contributed by atoms with van der Waals surface area (Å²) >= 11 is 6.21. The van der Waals surface area contributed by atoms with Crippen LogP contribution in [0, 0.1) is 11.3 Å². The van der Waals surface area contributed by atoms with Gasteiger partial charge in [-0.25, -0.2) is 0 Å². The molecule has 21 heavy (non-hydrogen) atoms. The minimum Gasteiger partial charge on any atom is -0.378 e. The number of amides is 1. The highest BCUT2D eigenvalue weighted by Gasteiger charge is 2.29. The van der Waals surface area contributed by atoms with E-state index in [2.05, 4.69) is 16.3 Å². The number of carbonyl (C=O) groups excluding carboxylic acids is 1. The summed E-state index contributed by atoms with van der Waals surface area (Å²) < 4.78 is 5.41. The Morgan fingerprint density at radius 2 is 2.43 bits per heavy atom. The number of ether oxygens (including phenoxy) is 1. The smallest absolute Gasteiger partial charge is 0.239 e. The van der Waals surface area contributed by atoms with Crippen molar-refractivity contribution in [3.05, 3.63) is 34.3 Å². The fourth-order valence-corrected chi connectivity index (χ4v) is 2.57. The van der Waals surface area contributed by atoms with Crippen molar-refractivity contribution in [2.45, 2.75) is 19.5 Å². The highest BCUT2D eigenvalue weighted by Crippen LogP contribution is 2.21. The molecule has 1 unspecified atom stereocenters. The van der Waals surface area contributed by atoms with Crippen LogP contribution in [0.15, 0.2) is 18.2 Å². The van der Waals surface area contributed by atoms with Gasteiger partial charge in [0.05, 0.1) is 24.8 Å². The number of rotatable bonds is 4. The van der Waals surface area contributed by atoms with Crippen LogP contribution in [0.4, 0.5) is 0 Å². The van der Waals surface area contributed by atoms with Gasteiger partial charge in [-0.3, -0.25) is 9.69 Å². The summed E-state index contributed by atoms with van der Waals surface area (Å²) in [4.78, 5) is 14.1. The average Bonchev–Trinajstić information content (AvgIpc) is 2.50. The number of nitrogens with zero attached hydrogens (tertiary/aromatic N) is 2. The fraction of sp³-hybridized carbons (Fsp3) is 0.467. The van der Waals surface area contributed by atoms with Crippen LogP contribution in [0.3, 0.4) is 0 Å². The summed E-state index contributed by atoms with van der Waals surface area (Å²) in [5.74, 6) is -0.0260. The van der Waals surface area contributed by atoms with Crippen LogP contribution >= 0.6 is 11.6 Å². The molecule has 0 aromatic heterocycles. The normalized spacial score (nSPS) is 19.0. The van der Waals surface area contributed by atoms with Crippen molar-refractivity contribution in [2.75, 3.05) is 26.3 Å². The predicted octanol–water partition coefficient (Wildman–Crippen LogP) is 1.55. The largest absolute Gasteiger partial charge is 0.378 e. The van der Waals surface area contributed by atoms with Gasteiger partial charge in [0.25, 0.3) is 0 Å². The first-order valence-electron chi connectivity index (χ1n) is 6.93. The second-order valence-electron chi connectivity index (χ2n) is 4.87. The molecular formula is C15H18ClN3O2. The molecule has 6 heteroatoms. The van der Waals surface area contributed by atoms with Crippen molar-refractivity contribution in [1.29, 1.82) is 5.26 Å². The Hall–Kier alpha value is -1.61. The third-order valence-electron chi connectivity index (χ3n) is 3.45. The Bertz CT molecular complexity index is 556. The van der Waals surface area contributed by atoms with E-state index in [-0.39, 0.29) is 11.9 Å². The van der Waals surface area contributed by atoms with Gasteiger partial charge in [-0.2, -0.15) is 5.26 Å². The second-order valence-corrected chi connectivity index (χ2v) is 5.28. The highest BCUT2D eigenvalue weighted by molar-refractivity contribution is 6.31. The standard InChI is InChI=1S/C15H18ClN3O2/c1-2-18-15(20)14-10-21-6-5-19(14)9-12-4-3-11(8-17)7-13(12)16/h3-4,7,14H,2,5-6,9-10H2,1H3,(H,18,20). The van der Waals surface area contributed by atoms with E-state index in [4.69, 9.17) is 21.6 Å². The minimum absolute atomic E-state index is 0.0260. The molecule has 1 N–H and O–H groups in total. The minimum atomic E-state index is -0.301. The molecule has 2 rings (SSSR count). The number of hydrogen-bond acceptors (Lipinski definition) is 4. The quantitative estimate of drug-likeness (QED) is 0.916. The van der Waals surface area contributed by atoms with Crippen LogP contribution < -0.4 is 5.32 Å². The molecule has 1 aromatic rings. The summed E-state index contributed by atoms with van der Waals surface area (Å²) in [6, 6.07) is 6.99. The van der Waals surface area contributed by atoms with Crippen LogP contribution in [0.1, 0.15) is 18.1 Å². The fourth-order valence-electron chi connectivity index (χ4n) is 2.32. The molecule has 0 spiro atoms. The maximum absolute atomic E-state index is 12.1. The van der Waals surface area contributed by atoms with Crippen molar-refractivity contribution >= 4 is 17.5 Å². The Morgan fingerprint density at radius 3 is 3.10 bits per heavy atom. The molecule has 0 radical (unpaired) electrons. The van der Waals surface area contributed by atoms with Crippen molar-refractivity contribution in [3.8, 4) is 6.07 Å². The van der Waals surface area contributed by atoms with Crippen molar-refractivity contribution in [3.63, 3.8) is 0 Å². The van der Waals surface area contributed by atoms with Gasteiger partial charge >= 0.3 is 0 Å². The lowest BCUT2D eigenvalue weighted by molar-refractivity contribution is -0.132. The number of nitriles is 1. The lowest BCUT2D eigenvalue weighted by Crippen LogP contribution is -2.53. The molecule has 1 amide bonds. The molecule has 1 atom stereocenters. The van der Waals surface area contributed by atoms with E-state index in [1.165, 1.54) is 0 Å². The summed E-state index contributed by atoms with van der Waals surface area (Å²) in [6.45, 7) is 4.72. The van der Waals surface area contributed by atoms with Crippen LogP contribution in [0.2, 0.25) is 5.02 Å². The first kappa shape index (κ1) is 15.8. The van der Waals surface area contributed by atoms with Crippen LogP contribution in [0.5, 0.6) is 0 Å². The van der Waals surface area contributed by atoms with Crippen molar-refractivity contribution < 1.29 is 9.53 Å². The van der Waals surface area contributed by atoms with Gasteiger partial charge in [-0.15, -0.1) is 0 Å². The molecule has 5 nitrogen and oxygen atoms in total. The summed E-state index contributed by atoms with van der Waals surface area (Å²) in [5, 5.41) is 12.2. The zero-order chi connectivity index (χ0) is 15.2. The van der Waals surface area contributed by atoms with Crippen LogP contribution in [-0.4, -0.2) is 43.2 Å². The van der Waals surface area contributed by atoms with E-state index in [9.17, 15) is 4.79 Å². The maximum Gasteiger partial charge on any atom is 0.239 e. The number of morpholine rings is 1. The van der Waals surface area contributed by atoms with E-state index < -0.39 is 0 Å². The Morgan fingerprint density at radius 1 is 1.62 bits per heavy atom. The lowest BCUT2D eigenvalue weighted by atomic mass is 10.1. The van der Waals surface area contributed by atoms with Gasteiger partial charge in [-0.05, 0) is 24.6 Å². The number of hydrogen-bond donors (Lipinski definition) is 1. The average molecular weight is 308 g/mol. The molecule has 0 saturated carbocycles. The highest BCUT2D eigenvalue weighted by atomic mass is 35.5. The van der Waals surface area contributed by atoms with Crippen molar-refractivity contribution in [2.24, 2.45) is 0 Å². The molecule has 0 aliphatic carbocycles. The van der Waals surface area contributed by atoms with E-state index in [0.717, 1.165) is 5.56 Å². The second kappa shape index (κ2) is 7.41. The zero-order valence-corrected chi connectivity index (χ0v) is 12.7. The topological polar surface area (TPSA) is 65.4 Å². The molecule has 1 saturated heterocycles. The molecule has 0 bridgehead atoms. The summed E-state index contributed by atoms with van der Waals surface area (Å²) in [5.41, 5.74) is 1.44. The summed E-state index contributed by atoms with van der Waals surface area (Å²) in [6.07, 6.45) is 0. The molecule has 1 heterocycles. The Kier molecular flexibility index (Phi) is 5.57. The number of halogens is 1. The first-order valence-corrected chi connectivity index (χ1v) is 7.31. The number of nitrogens with one attached hydrogen (secondary N) is 1. The number of likely N-dealkylation sites (N-methyl/N-ethyl adjacent to an activating group) is 1. The van der Waals surface area contributed by atoms with Gasteiger partial charge in [0.2, 0.25) is 5.91 Å². The summed E-state index contributed by atoms with van der Waals surface area (Å²) in [7, 11) is 0. The zero-order valence-electron chi connectivity index (χ0n) is 11.9. The molecule has 1 aliphatic rings. The van der Waals surface area contributed by atoms with Gasteiger partial charge in [0, 0.05) is 24.7 Å². The molecule has 1 fully saturated rings. The molecule has 1 aromatic carbocycles. The Labute approximate surface area is 129 Å². The molecule has 1 aliphatic heterocycles. The van der Waals surface area contributed by atoms with Gasteiger partial charge in [0.1, 0.15) is 6.04 Å². The van der Waals surface area contributed by atoms with Gasteiger partial charge in [0.15, 0.2) is 0 Å². The molecule has 112 valence electrons. The first-order chi connectivity index (χ1) is 10.2. The predicted molar refractivity (Wildman–Crippen MR) is 79.9 cm³/mol. The lowest BCUT2D eigenvalue weighted by Gasteiger charge is -2.34. The van der Waals surface area contributed by atoms with Crippen LogP contribution in [0.25, 0.3) is 0 Å². The SMILES string of the molecule is CCNC(=O)C1COCCN1Cc1ccc(C#N)cc1Cl. The number of carbonyl (C=O) groups is 1. The monoisotopic (exact) mass is 307 g/mol. The van der Waals surface area contributed by atoms with E-state index in [0.29, 0.717) is 43.4 Å². The molecular weight excluding hydrogens is 290 g/mol. The maximum atomic E-state index is 12.1.